The maximum absolute atomic E-state index is 12.0. The van der Waals surface area contributed by atoms with Gasteiger partial charge in [0.1, 0.15) is 5.82 Å². The average Bonchev–Trinajstić information content (AvgIpc) is 2.92. The molecule has 5 N–H and O–H groups in total. The largest absolute Gasteiger partial charge is 0.351 e. The van der Waals surface area contributed by atoms with Gasteiger partial charge in [0, 0.05) is 23.6 Å². The van der Waals surface area contributed by atoms with Crippen LogP contribution >= 0.6 is 0 Å². The van der Waals surface area contributed by atoms with Crippen LogP contribution < -0.4 is 16.4 Å². The van der Waals surface area contributed by atoms with Crippen molar-refractivity contribution in [2.45, 2.75) is 13.0 Å². The number of nitrogens with one attached hydrogen (secondary N) is 3. The number of carbonyl (C=O) groups excluding carboxylic acids is 2. The van der Waals surface area contributed by atoms with Crippen LogP contribution in [0.3, 0.4) is 0 Å². The van der Waals surface area contributed by atoms with Crippen molar-refractivity contribution in [3.8, 4) is 0 Å². The fourth-order valence-corrected chi connectivity index (χ4v) is 1.71. The second kappa shape index (κ2) is 5.87. The molecule has 7 heteroatoms. The summed E-state index contributed by atoms with van der Waals surface area (Å²) >= 11 is 0. The van der Waals surface area contributed by atoms with Crippen LogP contribution in [0.2, 0.25) is 0 Å². The third-order valence-electron chi connectivity index (χ3n) is 2.69. The lowest BCUT2D eigenvalue weighted by atomic mass is 10.2. The molecular formula is C13H15N5O2. The quantitative estimate of drug-likeness (QED) is 0.675. The van der Waals surface area contributed by atoms with Gasteiger partial charge in [0.2, 0.25) is 0 Å². The number of benzene rings is 1. The van der Waals surface area contributed by atoms with Crippen LogP contribution in [-0.2, 0) is 0 Å². The number of hydrogen-bond acceptors (Lipinski definition) is 3. The highest BCUT2D eigenvalue weighted by atomic mass is 16.2. The number of aromatic nitrogens is 2. The van der Waals surface area contributed by atoms with Crippen LogP contribution in [0.4, 0.5) is 10.5 Å². The molecule has 0 radical (unpaired) electrons. The zero-order chi connectivity index (χ0) is 14.5. The highest BCUT2D eigenvalue weighted by Crippen LogP contribution is 2.11. The first-order valence-corrected chi connectivity index (χ1v) is 6.03. The number of nitrogens with two attached hydrogens (primary N) is 1. The number of primary amides is 1. The highest BCUT2D eigenvalue weighted by molar-refractivity contribution is 5.95. The molecule has 2 rings (SSSR count). The Bertz CT molecular complexity index is 592. The van der Waals surface area contributed by atoms with E-state index in [2.05, 4.69) is 20.6 Å². The number of aromatic amines is 1. The third kappa shape index (κ3) is 3.35. The molecule has 0 fully saturated rings. The number of carbonyl (C=O) groups is 2. The number of anilines is 1. The number of nitrogens with zero attached hydrogens (tertiary/aromatic N) is 1. The first kappa shape index (κ1) is 13.6. The number of rotatable bonds is 4. The summed E-state index contributed by atoms with van der Waals surface area (Å²) in [6.45, 7) is 1.83. The molecule has 2 aromatic rings. The summed E-state index contributed by atoms with van der Waals surface area (Å²) < 4.78 is 0. The van der Waals surface area contributed by atoms with Gasteiger partial charge in [-0.1, -0.05) is 0 Å². The van der Waals surface area contributed by atoms with Gasteiger partial charge in [-0.3, -0.25) is 4.79 Å². The monoisotopic (exact) mass is 273 g/mol. The maximum Gasteiger partial charge on any atom is 0.316 e. The van der Waals surface area contributed by atoms with E-state index in [0.29, 0.717) is 17.1 Å². The van der Waals surface area contributed by atoms with Gasteiger partial charge >= 0.3 is 6.03 Å². The molecule has 1 aromatic heterocycles. The molecule has 1 unspecified atom stereocenters. The first-order chi connectivity index (χ1) is 9.56. The normalized spacial score (nSPS) is 11.7. The topological polar surface area (TPSA) is 113 Å². The van der Waals surface area contributed by atoms with Crippen molar-refractivity contribution in [2.24, 2.45) is 5.73 Å². The average molecular weight is 273 g/mol. The molecule has 0 saturated heterocycles. The molecule has 7 nitrogen and oxygen atoms in total. The second-order valence-electron chi connectivity index (χ2n) is 4.24. The number of urea groups is 1. The summed E-state index contributed by atoms with van der Waals surface area (Å²) in [4.78, 5) is 29.7. The molecule has 0 aliphatic heterocycles. The lowest BCUT2D eigenvalue weighted by molar-refractivity contribution is 0.0938. The van der Waals surface area contributed by atoms with Gasteiger partial charge in [-0.2, -0.15) is 0 Å². The fourth-order valence-electron chi connectivity index (χ4n) is 1.71. The highest BCUT2D eigenvalue weighted by Gasteiger charge is 2.12. The minimum Gasteiger partial charge on any atom is -0.351 e. The molecule has 1 atom stereocenters. The first-order valence-electron chi connectivity index (χ1n) is 6.03. The van der Waals surface area contributed by atoms with Crippen molar-refractivity contribution in [3.63, 3.8) is 0 Å². The van der Waals surface area contributed by atoms with Gasteiger partial charge in [-0.25, -0.2) is 9.78 Å². The molecule has 3 amide bonds. The Hall–Kier alpha value is -2.83. The molecular weight excluding hydrogens is 258 g/mol. The molecule has 20 heavy (non-hydrogen) atoms. The van der Waals surface area contributed by atoms with Gasteiger partial charge in [-0.15, -0.1) is 0 Å². The van der Waals surface area contributed by atoms with Crippen molar-refractivity contribution in [1.82, 2.24) is 15.3 Å². The second-order valence-corrected chi connectivity index (χ2v) is 4.24. The number of H-pyrrole nitrogens is 1. The summed E-state index contributed by atoms with van der Waals surface area (Å²) in [5.41, 5.74) is 6.02. The van der Waals surface area contributed by atoms with Crippen LogP contribution in [0.25, 0.3) is 0 Å². The van der Waals surface area contributed by atoms with Crippen molar-refractivity contribution in [1.29, 1.82) is 0 Å². The van der Waals surface area contributed by atoms with E-state index >= 15 is 0 Å². The van der Waals surface area contributed by atoms with E-state index in [9.17, 15) is 9.59 Å². The zero-order valence-corrected chi connectivity index (χ0v) is 10.9. The van der Waals surface area contributed by atoms with Gasteiger partial charge in [0.15, 0.2) is 0 Å². The lowest BCUT2D eigenvalue weighted by Crippen LogP contribution is -2.27. The summed E-state index contributed by atoms with van der Waals surface area (Å²) in [6, 6.07) is 5.56. The minimum atomic E-state index is -0.645. The van der Waals surface area contributed by atoms with Gasteiger partial charge < -0.3 is 21.4 Å². The molecule has 0 aliphatic carbocycles. The molecule has 1 aromatic carbocycles. The number of amides is 3. The van der Waals surface area contributed by atoms with Crippen LogP contribution in [0, 0.1) is 0 Å². The molecule has 0 saturated carbocycles. The van der Waals surface area contributed by atoms with E-state index in [1.54, 1.807) is 36.7 Å². The Kier molecular flexibility index (Phi) is 3.99. The molecule has 0 spiro atoms. The molecule has 104 valence electrons. The Labute approximate surface area is 115 Å². The Morgan fingerprint density at radius 1 is 1.30 bits per heavy atom. The van der Waals surface area contributed by atoms with E-state index in [1.165, 1.54) is 0 Å². The minimum absolute atomic E-state index is 0.221. The summed E-state index contributed by atoms with van der Waals surface area (Å²) in [6.07, 6.45) is 3.32. The summed E-state index contributed by atoms with van der Waals surface area (Å²) in [5.74, 6) is 0.463. The van der Waals surface area contributed by atoms with Crippen molar-refractivity contribution in [2.75, 3.05) is 5.32 Å². The summed E-state index contributed by atoms with van der Waals surface area (Å²) in [7, 11) is 0. The fraction of sp³-hybridized carbons (Fsp3) is 0.154. The maximum atomic E-state index is 12.0. The van der Waals surface area contributed by atoms with Gasteiger partial charge in [-0.05, 0) is 31.2 Å². The Morgan fingerprint density at radius 3 is 2.55 bits per heavy atom. The van der Waals surface area contributed by atoms with Crippen molar-refractivity contribution in [3.05, 3.63) is 48.0 Å². The van der Waals surface area contributed by atoms with E-state index in [1.807, 2.05) is 6.92 Å². The van der Waals surface area contributed by atoms with Crippen molar-refractivity contribution >= 4 is 17.6 Å². The lowest BCUT2D eigenvalue weighted by Gasteiger charge is -2.11. The van der Waals surface area contributed by atoms with E-state index in [-0.39, 0.29) is 11.9 Å². The molecule has 1 heterocycles. The van der Waals surface area contributed by atoms with Crippen LogP contribution in [0.5, 0.6) is 0 Å². The van der Waals surface area contributed by atoms with Crippen LogP contribution in [-0.4, -0.2) is 21.9 Å². The predicted octanol–water partition coefficient (Wildman–Crippen LogP) is 1.39. The van der Waals surface area contributed by atoms with Crippen LogP contribution in [0.15, 0.2) is 36.7 Å². The molecule has 0 bridgehead atoms. The van der Waals surface area contributed by atoms with Gasteiger partial charge in [0.05, 0.1) is 6.04 Å². The predicted molar refractivity (Wildman–Crippen MR) is 74.1 cm³/mol. The number of imidazole rings is 1. The SMILES string of the molecule is CC(NC(=O)c1ccc(NC(N)=O)cc1)c1ncc[nH]1. The zero-order valence-electron chi connectivity index (χ0n) is 10.9. The Morgan fingerprint density at radius 2 is 2.00 bits per heavy atom. The molecule has 0 aliphatic rings. The number of hydrogen-bond donors (Lipinski definition) is 4. The van der Waals surface area contributed by atoms with Gasteiger partial charge in [0.25, 0.3) is 5.91 Å². The van der Waals surface area contributed by atoms with Crippen molar-refractivity contribution < 1.29 is 9.59 Å². The standard InChI is InChI=1S/C13H15N5O2/c1-8(11-15-6-7-16-11)17-12(19)9-2-4-10(5-3-9)18-13(14)20/h2-8H,1H3,(H,15,16)(H,17,19)(H3,14,18,20). The van der Waals surface area contributed by atoms with E-state index < -0.39 is 6.03 Å². The summed E-state index contributed by atoms with van der Waals surface area (Å²) in [5, 5.41) is 5.24. The Balaban J connectivity index is 2.00. The van der Waals surface area contributed by atoms with E-state index in [4.69, 9.17) is 5.73 Å². The smallest absolute Gasteiger partial charge is 0.316 e. The van der Waals surface area contributed by atoms with E-state index in [0.717, 1.165) is 0 Å². The van der Waals surface area contributed by atoms with Crippen LogP contribution in [0.1, 0.15) is 29.1 Å². The third-order valence-corrected chi connectivity index (χ3v) is 2.69.